The number of hydrogen-bond acceptors (Lipinski definition) is 3. The van der Waals surface area contributed by atoms with Crippen molar-refractivity contribution in [1.29, 1.82) is 0 Å². The van der Waals surface area contributed by atoms with E-state index in [9.17, 15) is 9.59 Å². The number of nitrogens with two attached hydrogens (primary N) is 1. The molecule has 1 aromatic carbocycles. The summed E-state index contributed by atoms with van der Waals surface area (Å²) in [4.78, 5) is 23.8. The van der Waals surface area contributed by atoms with Crippen molar-refractivity contribution in [2.75, 3.05) is 11.9 Å². The van der Waals surface area contributed by atoms with E-state index in [2.05, 4.69) is 10.6 Å². The van der Waals surface area contributed by atoms with Crippen molar-refractivity contribution in [1.82, 2.24) is 5.32 Å². The summed E-state index contributed by atoms with van der Waals surface area (Å²) in [6.07, 6.45) is 0.857. The van der Waals surface area contributed by atoms with Crippen LogP contribution in [0.5, 0.6) is 0 Å². The number of anilines is 1. The number of benzene rings is 1. The average molecular weight is 263 g/mol. The van der Waals surface area contributed by atoms with Crippen LogP contribution in [0.4, 0.5) is 5.69 Å². The van der Waals surface area contributed by atoms with Crippen LogP contribution in [0, 0.1) is 0 Å². The van der Waals surface area contributed by atoms with Gasteiger partial charge in [-0.05, 0) is 32.4 Å². The fraction of sp³-hybridized carbons (Fsp3) is 0.429. The minimum absolute atomic E-state index is 0.201. The molecule has 0 aromatic heterocycles. The molecule has 19 heavy (non-hydrogen) atoms. The van der Waals surface area contributed by atoms with Crippen LogP contribution in [0.2, 0.25) is 0 Å². The molecular weight excluding hydrogens is 242 g/mol. The summed E-state index contributed by atoms with van der Waals surface area (Å²) in [5.41, 5.74) is 5.64. The first-order valence-corrected chi connectivity index (χ1v) is 6.33. The number of amides is 2. The maximum atomic E-state index is 12.0. The Balaban J connectivity index is 2.90. The van der Waals surface area contributed by atoms with Crippen LogP contribution in [0.1, 0.15) is 37.6 Å². The third-order valence-electron chi connectivity index (χ3n) is 2.54. The van der Waals surface area contributed by atoms with Crippen LogP contribution in [-0.4, -0.2) is 23.9 Å². The third kappa shape index (κ3) is 4.37. The number of nitrogens with one attached hydrogen (secondary N) is 2. The van der Waals surface area contributed by atoms with Gasteiger partial charge in [0.2, 0.25) is 5.91 Å². The van der Waals surface area contributed by atoms with E-state index in [-0.39, 0.29) is 11.8 Å². The number of rotatable bonds is 5. The lowest BCUT2D eigenvalue weighted by atomic mass is 10.1. The van der Waals surface area contributed by atoms with Gasteiger partial charge in [-0.3, -0.25) is 9.59 Å². The molecule has 0 radical (unpaired) electrons. The molecule has 0 atom stereocenters. The molecule has 4 N–H and O–H groups in total. The first-order valence-electron chi connectivity index (χ1n) is 6.33. The van der Waals surface area contributed by atoms with Gasteiger partial charge in [0.05, 0.1) is 16.8 Å². The Bertz CT molecular complexity index is 464. The smallest absolute Gasteiger partial charge is 0.253 e. The van der Waals surface area contributed by atoms with Crippen LogP contribution in [0.25, 0.3) is 0 Å². The minimum atomic E-state index is -0.993. The van der Waals surface area contributed by atoms with Crippen molar-refractivity contribution in [2.24, 2.45) is 5.73 Å². The highest BCUT2D eigenvalue weighted by Gasteiger charge is 2.23. The quantitative estimate of drug-likeness (QED) is 0.752. The van der Waals surface area contributed by atoms with Crippen molar-refractivity contribution >= 4 is 17.5 Å². The van der Waals surface area contributed by atoms with Gasteiger partial charge in [0.15, 0.2) is 0 Å². The van der Waals surface area contributed by atoms with Gasteiger partial charge in [0, 0.05) is 6.54 Å². The van der Waals surface area contributed by atoms with Crippen LogP contribution >= 0.6 is 0 Å². The summed E-state index contributed by atoms with van der Waals surface area (Å²) in [5.74, 6) is -0.532. The zero-order chi connectivity index (χ0) is 14.5. The highest BCUT2D eigenvalue weighted by molar-refractivity contribution is 6.05. The standard InChI is InChI=1S/C14H21N3O2/c1-4-9-16-12(18)10-7-5-6-8-11(10)17-13(19)14(2,3)15/h5-8H,4,9,15H2,1-3H3,(H,16,18)(H,17,19). The van der Waals surface area contributed by atoms with E-state index < -0.39 is 5.54 Å². The van der Waals surface area contributed by atoms with Crippen LogP contribution in [-0.2, 0) is 4.79 Å². The third-order valence-corrected chi connectivity index (χ3v) is 2.54. The number of carbonyl (C=O) groups is 2. The first-order chi connectivity index (χ1) is 8.86. The molecule has 104 valence electrons. The maximum Gasteiger partial charge on any atom is 0.253 e. The van der Waals surface area contributed by atoms with Crippen molar-refractivity contribution in [3.63, 3.8) is 0 Å². The molecule has 1 aromatic rings. The molecule has 0 saturated carbocycles. The van der Waals surface area contributed by atoms with Crippen LogP contribution in [0.15, 0.2) is 24.3 Å². The van der Waals surface area contributed by atoms with E-state index in [1.54, 1.807) is 38.1 Å². The maximum absolute atomic E-state index is 12.0. The summed E-state index contributed by atoms with van der Waals surface area (Å²) in [7, 11) is 0. The second kappa shape index (κ2) is 6.33. The van der Waals surface area contributed by atoms with E-state index in [1.807, 2.05) is 6.92 Å². The van der Waals surface area contributed by atoms with E-state index in [4.69, 9.17) is 5.73 Å². The molecule has 0 fully saturated rings. The Kier molecular flexibility index (Phi) is 5.06. The summed E-state index contributed by atoms with van der Waals surface area (Å²) in [5, 5.41) is 5.46. The molecule has 0 aliphatic carbocycles. The van der Waals surface area contributed by atoms with E-state index in [0.29, 0.717) is 17.8 Å². The van der Waals surface area contributed by atoms with E-state index >= 15 is 0 Å². The molecule has 1 rings (SSSR count). The second-order valence-corrected chi connectivity index (χ2v) is 4.98. The summed E-state index contributed by atoms with van der Waals surface area (Å²) < 4.78 is 0. The van der Waals surface area contributed by atoms with Crippen molar-refractivity contribution in [2.45, 2.75) is 32.7 Å². The molecule has 0 aliphatic heterocycles. The van der Waals surface area contributed by atoms with Gasteiger partial charge >= 0.3 is 0 Å². The monoisotopic (exact) mass is 263 g/mol. The minimum Gasteiger partial charge on any atom is -0.352 e. The average Bonchev–Trinajstić information content (AvgIpc) is 2.35. The number of para-hydroxylation sites is 1. The zero-order valence-corrected chi connectivity index (χ0v) is 11.6. The second-order valence-electron chi connectivity index (χ2n) is 4.98. The van der Waals surface area contributed by atoms with Gasteiger partial charge in [-0.1, -0.05) is 19.1 Å². The van der Waals surface area contributed by atoms with Gasteiger partial charge in [0.1, 0.15) is 0 Å². The lowest BCUT2D eigenvalue weighted by molar-refractivity contribution is -0.120. The Hall–Kier alpha value is -1.88. The Morgan fingerprint density at radius 1 is 1.26 bits per heavy atom. The summed E-state index contributed by atoms with van der Waals surface area (Å²) in [6, 6.07) is 6.87. The van der Waals surface area contributed by atoms with Crippen molar-refractivity contribution in [3.05, 3.63) is 29.8 Å². The molecule has 0 bridgehead atoms. The predicted octanol–water partition coefficient (Wildman–Crippen LogP) is 1.50. The van der Waals surface area contributed by atoms with Gasteiger partial charge in [-0.2, -0.15) is 0 Å². The predicted molar refractivity (Wildman–Crippen MR) is 76.0 cm³/mol. The van der Waals surface area contributed by atoms with E-state index in [1.165, 1.54) is 0 Å². The summed E-state index contributed by atoms with van der Waals surface area (Å²) >= 11 is 0. The lowest BCUT2D eigenvalue weighted by Gasteiger charge is -2.19. The molecule has 0 spiro atoms. The topological polar surface area (TPSA) is 84.2 Å². The van der Waals surface area contributed by atoms with Crippen LogP contribution < -0.4 is 16.4 Å². The molecule has 0 unspecified atom stereocenters. The highest BCUT2D eigenvalue weighted by atomic mass is 16.2. The SMILES string of the molecule is CCCNC(=O)c1ccccc1NC(=O)C(C)(C)N. The molecule has 0 heterocycles. The fourth-order valence-corrected chi connectivity index (χ4v) is 1.41. The molecule has 0 saturated heterocycles. The van der Waals surface area contributed by atoms with Gasteiger partial charge in [-0.15, -0.1) is 0 Å². The summed E-state index contributed by atoms with van der Waals surface area (Å²) in [6.45, 7) is 5.80. The Morgan fingerprint density at radius 2 is 1.89 bits per heavy atom. The number of carbonyl (C=O) groups excluding carboxylic acids is 2. The fourth-order valence-electron chi connectivity index (χ4n) is 1.41. The molecular formula is C14H21N3O2. The molecule has 5 heteroatoms. The van der Waals surface area contributed by atoms with Gasteiger partial charge in [-0.25, -0.2) is 0 Å². The van der Waals surface area contributed by atoms with Gasteiger partial charge in [0.25, 0.3) is 5.91 Å². The van der Waals surface area contributed by atoms with E-state index in [0.717, 1.165) is 6.42 Å². The molecule has 2 amide bonds. The molecule has 5 nitrogen and oxygen atoms in total. The van der Waals surface area contributed by atoms with Crippen LogP contribution in [0.3, 0.4) is 0 Å². The van der Waals surface area contributed by atoms with Crippen molar-refractivity contribution in [3.8, 4) is 0 Å². The molecule has 0 aliphatic rings. The normalized spacial score (nSPS) is 10.9. The largest absolute Gasteiger partial charge is 0.352 e. The van der Waals surface area contributed by atoms with Crippen molar-refractivity contribution < 1.29 is 9.59 Å². The zero-order valence-electron chi connectivity index (χ0n) is 11.6. The highest BCUT2D eigenvalue weighted by Crippen LogP contribution is 2.16. The Morgan fingerprint density at radius 3 is 2.47 bits per heavy atom. The lowest BCUT2D eigenvalue weighted by Crippen LogP contribution is -2.45. The first kappa shape index (κ1) is 15.2. The van der Waals surface area contributed by atoms with Gasteiger partial charge < -0.3 is 16.4 Å². The number of hydrogen-bond donors (Lipinski definition) is 3. The Labute approximate surface area is 113 Å².